The molecule has 1 heterocycles. The Bertz CT molecular complexity index is 683. The number of aromatic amines is 1. The van der Waals surface area contributed by atoms with Crippen LogP contribution in [0.2, 0.25) is 0 Å². The number of rotatable bonds is 11. The topological polar surface area (TPSA) is 200 Å². The summed E-state index contributed by atoms with van der Waals surface area (Å²) in [5.41, 5.74) is 5.70. The minimum absolute atomic E-state index is 0.0339. The van der Waals surface area contributed by atoms with Crippen LogP contribution >= 0.6 is 12.6 Å². The van der Waals surface area contributed by atoms with Gasteiger partial charge in [-0.2, -0.15) is 12.6 Å². The average Bonchev–Trinajstić information content (AvgIpc) is 3.15. The third kappa shape index (κ3) is 7.17. The van der Waals surface area contributed by atoms with Crippen LogP contribution in [0.5, 0.6) is 0 Å². The van der Waals surface area contributed by atoms with Gasteiger partial charge in [0.15, 0.2) is 6.04 Å². The van der Waals surface area contributed by atoms with Crippen LogP contribution in [0.1, 0.15) is 12.6 Å². The van der Waals surface area contributed by atoms with Gasteiger partial charge < -0.3 is 36.9 Å². The van der Waals surface area contributed by atoms with Crippen LogP contribution in [0.4, 0.5) is 0 Å². The van der Waals surface area contributed by atoms with Gasteiger partial charge in [-0.05, 0) is 6.92 Å². The number of aliphatic carboxylic acids is 1. The first-order valence-corrected chi connectivity index (χ1v) is 8.92. The molecule has 0 aromatic carbocycles. The smallest absolute Gasteiger partial charge is 0.328 e. The molecule has 0 radical (unpaired) electrons. The normalized spacial score (nSPS) is 15.0. The fraction of sp³-hybridized carbons (Fsp3) is 0.533. The molecular weight excluding hydrogens is 392 g/mol. The maximum Gasteiger partial charge on any atom is 0.328 e. The molecule has 0 bridgehead atoms. The number of H-pyrrole nitrogens is 1. The van der Waals surface area contributed by atoms with E-state index in [-0.39, 0.29) is 18.7 Å². The summed E-state index contributed by atoms with van der Waals surface area (Å²) < 4.78 is 0. The molecule has 1 aromatic heterocycles. The van der Waals surface area contributed by atoms with Gasteiger partial charge in [0.25, 0.3) is 0 Å². The largest absolute Gasteiger partial charge is 0.480 e. The number of thiol groups is 1. The first-order valence-electron chi connectivity index (χ1n) is 8.28. The summed E-state index contributed by atoms with van der Waals surface area (Å²) in [5.74, 6) is -3.61. The monoisotopic (exact) mass is 416 g/mol. The molecule has 0 fully saturated rings. The van der Waals surface area contributed by atoms with E-state index in [0.717, 1.165) is 0 Å². The number of imidazole rings is 1. The molecule has 0 spiro atoms. The Morgan fingerprint density at radius 2 is 1.86 bits per heavy atom. The first-order chi connectivity index (χ1) is 13.2. The molecular formula is C15H24N6O6S. The lowest BCUT2D eigenvalue weighted by Gasteiger charge is -2.24. The van der Waals surface area contributed by atoms with Gasteiger partial charge >= 0.3 is 5.97 Å². The molecule has 0 aliphatic heterocycles. The number of carbonyl (C=O) groups excluding carboxylic acids is 3. The quantitative estimate of drug-likeness (QED) is 0.172. The van der Waals surface area contributed by atoms with Gasteiger partial charge in [-0.25, -0.2) is 9.78 Å². The number of aliphatic hydroxyl groups excluding tert-OH is 1. The fourth-order valence-electron chi connectivity index (χ4n) is 2.19. The minimum atomic E-state index is -1.56. The highest BCUT2D eigenvalue weighted by Gasteiger charge is 2.31. The van der Waals surface area contributed by atoms with Crippen LogP contribution in [0.3, 0.4) is 0 Å². The maximum atomic E-state index is 12.6. The summed E-state index contributed by atoms with van der Waals surface area (Å²) >= 11 is 4.00. The summed E-state index contributed by atoms with van der Waals surface area (Å²) in [6.45, 7) is 0.880. The number of nitrogens with zero attached hydrogens (tertiary/aromatic N) is 1. The van der Waals surface area contributed by atoms with Gasteiger partial charge in [0, 0.05) is 24.1 Å². The highest BCUT2D eigenvalue weighted by atomic mass is 32.1. The predicted octanol–water partition coefficient (Wildman–Crippen LogP) is -3.24. The molecule has 0 aliphatic rings. The van der Waals surface area contributed by atoms with E-state index in [1.54, 1.807) is 0 Å². The van der Waals surface area contributed by atoms with Gasteiger partial charge in [0.1, 0.15) is 12.1 Å². The fourth-order valence-corrected chi connectivity index (χ4v) is 2.44. The van der Waals surface area contributed by atoms with Crippen molar-refractivity contribution < 1.29 is 29.4 Å². The summed E-state index contributed by atoms with van der Waals surface area (Å²) in [6.07, 6.45) is 1.41. The molecule has 4 unspecified atom stereocenters. The number of amides is 3. The predicted molar refractivity (Wildman–Crippen MR) is 100 cm³/mol. The van der Waals surface area contributed by atoms with Gasteiger partial charge in [-0.1, -0.05) is 0 Å². The zero-order valence-electron chi connectivity index (χ0n) is 15.1. The van der Waals surface area contributed by atoms with E-state index < -0.39 is 47.9 Å². The van der Waals surface area contributed by atoms with Crippen LogP contribution in [0.15, 0.2) is 12.5 Å². The average molecular weight is 416 g/mol. The lowest BCUT2D eigenvalue weighted by molar-refractivity contribution is -0.145. The zero-order chi connectivity index (χ0) is 21.3. The van der Waals surface area contributed by atoms with Crippen molar-refractivity contribution >= 4 is 36.3 Å². The Balaban J connectivity index is 2.95. The Kier molecular flexibility index (Phi) is 9.41. The molecule has 156 valence electrons. The van der Waals surface area contributed by atoms with Crippen molar-refractivity contribution in [2.24, 2.45) is 5.73 Å². The van der Waals surface area contributed by atoms with Crippen molar-refractivity contribution in [3.63, 3.8) is 0 Å². The molecule has 1 aromatic rings. The van der Waals surface area contributed by atoms with E-state index >= 15 is 0 Å². The number of hydrogen-bond donors (Lipinski definition) is 8. The third-order valence-corrected chi connectivity index (χ3v) is 4.04. The van der Waals surface area contributed by atoms with Crippen LogP contribution < -0.4 is 21.7 Å². The number of carboxylic acids is 1. The Labute approximate surface area is 166 Å². The van der Waals surface area contributed by atoms with E-state index in [1.807, 2.05) is 0 Å². The Morgan fingerprint density at radius 1 is 1.21 bits per heavy atom. The van der Waals surface area contributed by atoms with Crippen LogP contribution in [0.25, 0.3) is 0 Å². The lowest BCUT2D eigenvalue weighted by atomic mass is 10.1. The summed E-state index contributed by atoms with van der Waals surface area (Å²) in [7, 11) is 0. The van der Waals surface area contributed by atoms with Crippen molar-refractivity contribution in [3.05, 3.63) is 18.2 Å². The van der Waals surface area contributed by atoms with E-state index in [9.17, 15) is 24.3 Å². The molecule has 4 atom stereocenters. The summed E-state index contributed by atoms with van der Waals surface area (Å²) in [4.78, 5) is 54.2. The van der Waals surface area contributed by atoms with Crippen LogP contribution in [-0.4, -0.2) is 80.4 Å². The van der Waals surface area contributed by atoms with Crippen molar-refractivity contribution in [2.75, 3.05) is 12.3 Å². The summed E-state index contributed by atoms with van der Waals surface area (Å²) in [6, 6.07) is -3.82. The number of hydrogen-bond acceptors (Lipinski definition) is 8. The maximum absolute atomic E-state index is 12.6. The highest BCUT2D eigenvalue weighted by Crippen LogP contribution is 2.03. The standard InChI is InChI=1S/C15H24N6O6S/c1-7(22)12(15(26)27)21-13(24)9(2-8-4-17-6-18-8)20-14(25)10(5-28)19-11(23)3-16/h4,6-7,9-10,12,22,28H,2-3,5,16H2,1H3,(H,17,18)(H,19,23)(H,20,25)(H,21,24)(H,26,27). The SMILES string of the molecule is CC(O)C(NC(=O)C(Cc1cnc[nH]1)NC(=O)C(CS)NC(=O)CN)C(=O)O. The molecule has 1 rings (SSSR count). The molecule has 13 heteroatoms. The Hall–Kier alpha value is -2.64. The second kappa shape index (κ2) is 11.3. The molecule has 0 saturated carbocycles. The van der Waals surface area contributed by atoms with Crippen LogP contribution in [0, 0.1) is 0 Å². The number of aliphatic hydroxyl groups is 1. The molecule has 28 heavy (non-hydrogen) atoms. The molecule has 12 nitrogen and oxygen atoms in total. The molecule has 0 saturated heterocycles. The Morgan fingerprint density at radius 3 is 2.32 bits per heavy atom. The number of aromatic nitrogens is 2. The zero-order valence-corrected chi connectivity index (χ0v) is 16.0. The van der Waals surface area contributed by atoms with E-state index in [4.69, 9.17) is 10.8 Å². The van der Waals surface area contributed by atoms with Crippen molar-refractivity contribution in [1.29, 1.82) is 0 Å². The van der Waals surface area contributed by atoms with E-state index in [2.05, 4.69) is 38.5 Å². The van der Waals surface area contributed by atoms with Gasteiger partial charge in [-0.15, -0.1) is 0 Å². The van der Waals surface area contributed by atoms with Gasteiger partial charge in [0.2, 0.25) is 17.7 Å². The minimum Gasteiger partial charge on any atom is -0.480 e. The number of nitrogens with two attached hydrogens (primary N) is 1. The van der Waals surface area contributed by atoms with Crippen molar-refractivity contribution in [2.45, 2.75) is 37.6 Å². The van der Waals surface area contributed by atoms with E-state index in [1.165, 1.54) is 19.4 Å². The number of carboxylic acid groups (broad SMARTS) is 1. The molecule has 0 aliphatic carbocycles. The van der Waals surface area contributed by atoms with E-state index in [0.29, 0.717) is 5.69 Å². The third-order valence-electron chi connectivity index (χ3n) is 3.68. The lowest BCUT2D eigenvalue weighted by Crippen LogP contribution is -2.58. The van der Waals surface area contributed by atoms with Gasteiger partial charge in [-0.3, -0.25) is 14.4 Å². The highest BCUT2D eigenvalue weighted by molar-refractivity contribution is 7.80. The second-order valence-electron chi connectivity index (χ2n) is 5.91. The second-order valence-corrected chi connectivity index (χ2v) is 6.28. The van der Waals surface area contributed by atoms with Crippen molar-refractivity contribution in [3.8, 4) is 0 Å². The summed E-state index contributed by atoms with van der Waals surface area (Å²) in [5, 5.41) is 25.6. The van der Waals surface area contributed by atoms with Crippen molar-refractivity contribution in [1.82, 2.24) is 25.9 Å². The first kappa shape index (κ1) is 23.4. The van der Waals surface area contributed by atoms with Crippen LogP contribution in [-0.2, 0) is 25.6 Å². The van der Waals surface area contributed by atoms with Gasteiger partial charge in [0.05, 0.1) is 19.0 Å². The molecule has 8 N–H and O–H groups in total. The molecule has 3 amide bonds. The number of nitrogens with one attached hydrogen (secondary N) is 4. The number of carbonyl (C=O) groups is 4.